The van der Waals surface area contributed by atoms with Gasteiger partial charge in [-0.15, -0.1) is 0 Å². The van der Waals surface area contributed by atoms with Gasteiger partial charge in [0.25, 0.3) is 0 Å². The highest BCUT2D eigenvalue weighted by Gasteiger charge is 2.88. The van der Waals surface area contributed by atoms with E-state index in [9.17, 15) is 0 Å². The van der Waals surface area contributed by atoms with E-state index in [-0.39, 0.29) is 38.8 Å². The summed E-state index contributed by atoms with van der Waals surface area (Å²) in [7, 11) is -32.3. The Morgan fingerprint density at radius 2 is 0.448 bits per heavy atom. The highest BCUT2D eigenvalue weighted by molar-refractivity contribution is 7.05. The zero-order valence-corrected chi connectivity index (χ0v) is 49.1. The summed E-state index contributed by atoms with van der Waals surface area (Å²) in [5.41, 5.74) is 3.21. The molecule has 6 saturated heterocycles. The molecular formula is C47H84O12Si8. The van der Waals surface area contributed by atoms with Crippen LogP contribution in [0.4, 0.5) is 0 Å². The number of allylic oxidation sites excluding steroid dienone is 2. The minimum absolute atomic E-state index is 0.00441. The molecule has 13 aliphatic rings. The van der Waals surface area contributed by atoms with Crippen LogP contribution in [-0.2, 0) is 49.4 Å². The van der Waals surface area contributed by atoms with Gasteiger partial charge in [0.15, 0.2) is 0 Å². The summed E-state index contributed by atoms with van der Waals surface area (Å²) in [6.07, 6.45) is 39.5. The SMILES string of the molecule is C=C(C)/C=C/[Si]12O[Si]3(C4CCCCC4)O[Si]4(C5CCCCC5)O[Si](C5CCCCC5)(O1)O[Si]1(C5CCCCC5)O[Si](C5CCCCC5)(O2)O[Si](C2CCCCC2)(O3)O[Si](C2CCCCC2)(O4)O1. The van der Waals surface area contributed by atoms with Gasteiger partial charge >= 0.3 is 70.4 Å². The molecule has 0 radical (unpaired) electrons. The molecule has 0 amide bonds. The minimum atomic E-state index is -4.18. The second-order valence-electron chi connectivity index (χ2n) is 23.6. The summed E-state index contributed by atoms with van der Waals surface area (Å²) in [5.74, 6) is 0. The fourth-order valence-corrected chi connectivity index (χ4v) is 70.3. The molecular weight excluding hydrogens is 981 g/mol. The topological polar surface area (TPSA) is 111 Å². The van der Waals surface area contributed by atoms with Gasteiger partial charge < -0.3 is 49.4 Å². The summed E-state index contributed by atoms with van der Waals surface area (Å²) in [5, 5.41) is 0. The van der Waals surface area contributed by atoms with Crippen molar-refractivity contribution in [3.05, 3.63) is 23.9 Å². The van der Waals surface area contributed by atoms with Gasteiger partial charge in [0.05, 0.1) is 0 Å². The Morgan fingerprint density at radius 3 is 0.612 bits per heavy atom. The maximum Gasteiger partial charge on any atom is 0.507 e. The lowest BCUT2D eigenvalue weighted by Crippen LogP contribution is -2.91. The lowest BCUT2D eigenvalue weighted by Gasteiger charge is -2.67. The largest absolute Gasteiger partial charge is 0.507 e. The molecule has 0 unspecified atom stereocenters. The third kappa shape index (κ3) is 8.95. The molecule has 376 valence electrons. The molecule has 0 spiro atoms. The first kappa shape index (κ1) is 48.7. The van der Waals surface area contributed by atoms with E-state index in [0.29, 0.717) is 0 Å². The second-order valence-corrected chi connectivity index (χ2v) is 49.1. The van der Waals surface area contributed by atoms with E-state index in [4.69, 9.17) is 49.4 Å². The van der Waals surface area contributed by atoms with E-state index in [1.807, 2.05) is 0 Å². The Kier molecular flexibility index (Phi) is 14.1. The monoisotopic (exact) mass is 1060 g/mol. The van der Waals surface area contributed by atoms with Gasteiger partial charge in [-0.05, 0) is 103 Å². The molecule has 13 rings (SSSR count). The lowest BCUT2D eigenvalue weighted by atomic mass is 10.0. The molecule has 0 aromatic heterocycles. The van der Waals surface area contributed by atoms with E-state index in [1.165, 1.54) is 44.9 Å². The Hall–Kier alpha value is 0.735. The molecule has 6 aliphatic heterocycles. The van der Waals surface area contributed by atoms with Crippen LogP contribution in [0.1, 0.15) is 232 Å². The molecule has 8 bridgehead atoms. The predicted molar refractivity (Wildman–Crippen MR) is 271 cm³/mol. The first-order valence-corrected chi connectivity index (χ1v) is 42.8. The lowest BCUT2D eigenvalue weighted by molar-refractivity contribution is -0.0489. The number of hydrogen-bond acceptors (Lipinski definition) is 12. The van der Waals surface area contributed by atoms with Gasteiger partial charge in [0, 0.05) is 38.8 Å². The zero-order valence-electron chi connectivity index (χ0n) is 41.1. The zero-order chi connectivity index (χ0) is 45.3. The van der Waals surface area contributed by atoms with Crippen LogP contribution < -0.4 is 0 Å². The second kappa shape index (κ2) is 19.5. The molecule has 13 fully saturated rings. The van der Waals surface area contributed by atoms with Crippen molar-refractivity contribution in [2.45, 2.75) is 270 Å². The Bertz CT molecular complexity index is 1600. The molecule has 7 saturated carbocycles. The highest BCUT2D eigenvalue weighted by Crippen LogP contribution is 2.65. The number of rotatable bonds is 9. The van der Waals surface area contributed by atoms with E-state index >= 15 is 0 Å². The third-order valence-corrected chi connectivity index (χ3v) is 57.7. The molecule has 0 atom stereocenters. The minimum Gasteiger partial charge on any atom is -0.373 e. The van der Waals surface area contributed by atoms with Crippen molar-refractivity contribution in [3.63, 3.8) is 0 Å². The molecule has 20 heteroatoms. The van der Waals surface area contributed by atoms with Gasteiger partial charge in [0.1, 0.15) is 0 Å². The van der Waals surface area contributed by atoms with Gasteiger partial charge in [-0.25, -0.2) is 0 Å². The van der Waals surface area contributed by atoms with Crippen LogP contribution in [0.5, 0.6) is 0 Å². The molecule has 0 N–H and O–H groups in total. The van der Waals surface area contributed by atoms with Crippen molar-refractivity contribution in [2.75, 3.05) is 0 Å². The molecule has 67 heavy (non-hydrogen) atoms. The summed E-state index contributed by atoms with van der Waals surface area (Å²) in [6.45, 7) is 6.49. The van der Waals surface area contributed by atoms with E-state index in [1.54, 1.807) is 0 Å². The molecule has 6 heterocycles. The van der Waals surface area contributed by atoms with Crippen molar-refractivity contribution in [1.29, 1.82) is 0 Å². The van der Waals surface area contributed by atoms with Crippen molar-refractivity contribution >= 4 is 70.4 Å². The van der Waals surface area contributed by atoms with E-state index < -0.39 is 70.4 Å². The van der Waals surface area contributed by atoms with Crippen LogP contribution in [-0.4, -0.2) is 70.4 Å². The van der Waals surface area contributed by atoms with Gasteiger partial charge in [-0.1, -0.05) is 153 Å². The van der Waals surface area contributed by atoms with Crippen LogP contribution >= 0.6 is 0 Å². The fourth-order valence-electron chi connectivity index (χ4n) is 15.2. The van der Waals surface area contributed by atoms with Crippen molar-refractivity contribution in [1.82, 2.24) is 0 Å². The Balaban J connectivity index is 1.20. The predicted octanol–water partition coefficient (Wildman–Crippen LogP) is 13.8. The summed E-state index contributed by atoms with van der Waals surface area (Å²) < 4.78 is 103. The standard InChI is InChI=1S/C47H84O12Si8/c1-40(2)38-39-60-48-61(41-24-10-3-11-25-41)51-64(44-30-16-6-17-31-44)53-62(49-60,42-26-12-4-13-27-42)55-66(46-34-20-8-21-35-46)56-63(50-60,43-28-14-5-15-29-43)54-65(52-61,45-32-18-7-19-33-45)58-67(57-64,59-66)47-36-22-9-23-37-47/h38-39,41-47H,1,3-37H2,2H3/b39-38+. The Labute approximate surface area is 411 Å². The maximum absolute atomic E-state index is 8.69. The van der Waals surface area contributed by atoms with Crippen molar-refractivity contribution in [2.24, 2.45) is 0 Å². The molecule has 0 aromatic rings. The number of hydrogen-bond donors (Lipinski definition) is 0. The van der Waals surface area contributed by atoms with Gasteiger partial charge in [-0.2, -0.15) is 0 Å². The van der Waals surface area contributed by atoms with Crippen LogP contribution in [0.3, 0.4) is 0 Å². The highest BCUT2D eigenvalue weighted by atomic mass is 28.6. The smallest absolute Gasteiger partial charge is 0.373 e. The average Bonchev–Trinajstić information content (AvgIpc) is 3.34. The average molecular weight is 1070 g/mol. The third-order valence-electron chi connectivity index (χ3n) is 18.7. The summed E-state index contributed by atoms with van der Waals surface area (Å²) >= 11 is 0. The van der Waals surface area contributed by atoms with Crippen molar-refractivity contribution in [3.8, 4) is 0 Å². The van der Waals surface area contributed by atoms with E-state index in [0.717, 1.165) is 185 Å². The molecule has 12 nitrogen and oxygen atoms in total. The molecule has 7 aliphatic carbocycles. The van der Waals surface area contributed by atoms with Crippen molar-refractivity contribution < 1.29 is 49.4 Å². The Morgan fingerprint density at radius 1 is 0.284 bits per heavy atom. The normalized spacial score (nSPS) is 46.2. The van der Waals surface area contributed by atoms with Crippen LogP contribution in [0.15, 0.2) is 23.9 Å². The quantitative estimate of drug-likeness (QED) is 0.162. The maximum atomic E-state index is 8.69. The summed E-state index contributed by atoms with van der Waals surface area (Å²) in [4.78, 5) is 0. The summed E-state index contributed by atoms with van der Waals surface area (Å²) in [6, 6.07) is 0. The van der Waals surface area contributed by atoms with E-state index in [2.05, 4.69) is 25.3 Å². The van der Waals surface area contributed by atoms with Gasteiger partial charge in [0.2, 0.25) is 0 Å². The van der Waals surface area contributed by atoms with Crippen LogP contribution in [0, 0.1) is 0 Å². The van der Waals surface area contributed by atoms with Gasteiger partial charge in [-0.3, -0.25) is 0 Å². The fraction of sp³-hybridized carbons (Fsp3) is 0.915. The first-order chi connectivity index (χ1) is 32.6. The van der Waals surface area contributed by atoms with Crippen LogP contribution in [0.2, 0.25) is 38.8 Å². The molecule has 0 aromatic carbocycles. The van der Waals surface area contributed by atoms with Crippen LogP contribution in [0.25, 0.3) is 0 Å². The first-order valence-electron chi connectivity index (χ1n) is 28.4.